The van der Waals surface area contributed by atoms with Crippen LogP contribution in [-0.2, 0) is 13.0 Å². The van der Waals surface area contributed by atoms with Crippen LogP contribution in [0.5, 0.6) is 0 Å². The Morgan fingerprint density at radius 2 is 1.91 bits per heavy atom. The van der Waals surface area contributed by atoms with Crippen LogP contribution in [0.3, 0.4) is 0 Å². The van der Waals surface area contributed by atoms with Gasteiger partial charge in [0.2, 0.25) is 0 Å². The second-order valence-electron chi connectivity index (χ2n) is 9.49. The van der Waals surface area contributed by atoms with E-state index < -0.39 is 0 Å². The molecule has 1 aliphatic rings. The summed E-state index contributed by atoms with van der Waals surface area (Å²) in [5, 5.41) is 13.3. The second-order valence-corrected chi connectivity index (χ2v) is 9.90. The molecule has 0 aliphatic carbocycles. The molecule has 9 heteroatoms. The number of carbonyl (C=O) groups is 2. The lowest BCUT2D eigenvalue weighted by molar-refractivity contribution is 0.0963. The molecule has 0 spiro atoms. The van der Waals surface area contributed by atoms with Gasteiger partial charge in [-0.1, -0.05) is 44.5 Å². The molecule has 0 saturated heterocycles. The van der Waals surface area contributed by atoms with Gasteiger partial charge in [-0.05, 0) is 41.5 Å². The third-order valence-corrected chi connectivity index (χ3v) is 6.40. The molecule has 0 fully saturated rings. The predicted molar refractivity (Wildman–Crippen MR) is 133 cm³/mol. The molecule has 1 aromatic carbocycles. The van der Waals surface area contributed by atoms with Gasteiger partial charge in [0.25, 0.3) is 5.91 Å². The molecular weight excluding hydrogens is 452 g/mol. The molecule has 2 aromatic heterocycles. The Labute approximate surface area is 204 Å². The number of hydrogen-bond acceptors (Lipinski definition) is 4. The maximum absolute atomic E-state index is 12.5. The topological polar surface area (TPSA) is 101 Å². The van der Waals surface area contributed by atoms with Crippen LogP contribution in [0.2, 0.25) is 5.02 Å². The summed E-state index contributed by atoms with van der Waals surface area (Å²) in [6.07, 6.45) is 4.28. The van der Waals surface area contributed by atoms with E-state index >= 15 is 0 Å². The number of halogens is 1. The molecule has 0 unspecified atom stereocenters. The number of hydrogen-bond donors (Lipinski definition) is 3. The second kappa shape index (κ2) is 9.46. The van der Waals surface area contributed by atoms with Crippen molar-refractivity contribution in [2.75, 3.05) is 18.9 Å². The number of anilines is 1. The molecule has 3 N–H and O–H groups in total. The maximum atomic E-state index is 12.5. The summed E-state index contributed by atoms with van der Waals surface area (Å²) >= 11 is 6.45. The van der Waals surface area contributed by atoms with Gasteiger partial charge < -0.3 is 10.6 Å². The summed E-state index contributed by atoms with van der Waals surface area (Å²) in [5.41, 5.74) is 4.69. The van der Waals surface area contributed by atoms with Crippen molar-refractivity contribution in [1.82, 2.24) is 25.4 Å². The molecule has 3 aromatic rings. The zero-order chi connectivity index (χ0) is 24.5. The number of urea groups is 1. The van der Waals surface area contributed by atoms with E-state index in [0.29, 0.717) is 22.9 Å². The normalized spacial score (nSPS) is 14.9. The third-order valence-electron chi connectivity index (χ3n) is 6.10. The van der Waals surface area contributed by atoms with Crippen LogP contribution < -0.4 is 16.0 Å². The van der Waals surface area contributed by atoms with Crippen molar-refractivity contribution in [2.45, 2.75) is 39.7 Å². The highest BCUT2D eigenvalue weighted by Crippen LogP contribution is 2.39. The lowest BCUT2D eigenvalue weighted by Gasteiger charge is -2.15. The standard InChI is InChI=1S/C25H29ClN6O2/c1-15(16-5-7-17(8-6-16)23(33)27-4)11-29-24(34)31-22-9-18(20(26)13-28-22)19-12-30-32-14-25(2,3)10-21(19)32/h5-9,12-13,15H,10-11,14H2,1-4H3,(H,27,33)(H2,28,29,31,34)/t15-/m1/s1. The van der Waals surface area contributed by atoms with E-state index in [9.17, 15) is 9.59 Å². The highest BCUT2D eigenvalue weighted by Gasteiger charge is 2.32. The summed E-state index contributed by atoms with van der Waals surface area (Å²) in [5.74, 6) is 0.351. The van der Waals surface area contributed by atoms with Gasteiger partial charge in [-0.25, -0.2) is 9.78 Å². The Kier molecular flexibility index (Phi) is 6.61. The van der Waals surface area contributed by atoms with Crippen molar-refractivity contribution < 1.29 is 9.59 Å². The number of fused-ring (bicyclic) bond motifs is 1. The SMILES string of the molecule is CNC(=O)c1ccc([C@H](C)CNC(=O)Nc2cc(-c3cnn4c3CC(C)(C)C4)c(Cl)cn2)cc1. The fraction of sp³-hybridized carbons (Fsp3) is 0.360. The molecule has 34 heavy (non-hydrogen) atoms. The first-order chi connectivity index (χ1) is 16.2. The molecule has 178 valence electrons. The number of nitrogens with one attached hydrogen (secondary N) is 3. The average molecular weight is 481 g/mol. The number of aromatic nitrogens is 3. The van der Waals surface area contributed by atoms with E-state index in [4.69, 9.17) is 11.6 Å². The van der Waals surface area contributed by atoms with Crippen LogP contribution in [0.4, 0.5) is 10.6 Å². The summed E-state index contributed by atoms with van der Waals surface area (Å²) < 4.78 is 2.02. The van der Waals surface area contributed by atoms with Gasteiger partial charge in [-0.2, -0.15) is 5.10 Å². The largest absolute Gasteiger partial charge is 0.355 e. The van der Waals surface area contributed by atoms with Crippen molar-refractivity contribution in [3.63, 3.8) is 0 Å². The summed E-state index contributed by atoms with van der Waals surface area (Å²) in [7, 11) is 1.60. The Morgan fingerprint density at radius 3 is 2.62 bits per heavy atom. The van der Waals surface area contributed by atoms with Gasteiger partial charge in [-0.3, -0.25) is 14.8 Å². The van der Waals surface area contributed by atoms with Gasteiger partial charge in [-0.15, -0.1) is 0 Å². The molecule has 0 radical (unpaired) electrons. The monoisotopic (exact) mass is 480 g/mol. The zero-order valence-electron chi connectivity index (χ0n) is 19.8. The van der Waals surface area contributed by atoms with Crippen LogP contribution >= 0.6 is 11.6 Å². The van der Waals surface area contributed by atoms with Crippen LogP contribution in [-0.4, -0.2) is 40.3 Å². The van der Waals surface area contributed by atoms with Crippen molar-refractivity contribution in [3.8, 4) is 11.1 Å². The molecule has 4 rings (SSSR count). The van der Waals surface area contributed by atoms with E-state index in [1.54, 1.807) is 31.4 Å². The lowest BCUT2D eigenvalue weighted by atomic mass is 9.89. The van der Waals surface area contributed by atoms with Crippen LogP contribution in [0.1, 0.15) is 48.3 Å². The van der Waals surface area contributed by atoms with E-state index in [-0.39, 0.29) is 23.3 Å². The van der Waals surface area contributed by atoms with E-state index in [1.807, 2.05) is 29.9 Å². The molecule has 3 amide bonds. The Hall–Kier alpha value is -3.39. The first-order valence-electron chi connectivity index (χ1n) is 11.2. The van der Waals surface area contributed by atoms with Gasteiger partial charge >= 0.3 is 6.03 Å². The average Bonchev–Trinajstić information content (AvgIpc) is 3.33. The van der Waals surface area contributed by atoms with Crippen molar-refractivity contribution in [2.24, 2.45) is 5.41 Å². The van der Waals surface area contributed by atoms with E-state index in [2.05, 4.69) is 39.9 Å². The quantitative estimate of drug-likeness (QED) is 0.484. The summed E-state index contributed by atoms with van der Waals surface area (Å²) in [4.78, 5) is 28.5. The highest BCUT2D eigenvalue weighted by atomic mass is 35.5. The van der Waals surface area contributed by atoms with Crippen molar-refractivity contribution in [3.05, 3.63) is 64.6 Å². The highest BCUT2D eigenvalue weighted by molar-refractivity contribution is 6.33. The first kappa shape index (κ1) is 23.8. The van der Waals surface area contributed by atoms with E-state index in [0.717, 1.165) is 35.3 Å². The minimum Gasteiger partial charge on any atom is -0.355 e. The van der Waals surface area contributed by atoms with E-state index in [1.165, 1.54) is 0 Å². The molecule has 3 heterocycles. The first-order valence-corrected chi connectivity index (χ1v) is 11.6. The Morgan fingerprint density at radius 1 is 1.18 bits per heavy atom. The molecular formula is C25H29ClN6O2. The van der Waals surface area contributed by atoms with Crippen LogP contribution in [0.15, 0.2) is 42.7 Å². The van der Waals surface area contributed by atoms with Gasteiger partial charge in [0, 0.05) is 48.7 Å². The number of pyridine rings is 1. The van der Waals surface area contributed by atoms with Crippen molar-refractivity contribution >= 4 is 29.4 Å². The number of benzene rings is 1. The lowest BCUT2D eigenvalue weighted by Crippen LogP contribution is -2.32. The minimum atomic E-state index is -0.351. The zero-order valence-corrected chi connectivity index (χ0v) is 20.5. The number of amides is 3. The predicted octanol–water partition coefficient (Wildman–Crippen LogP) is 4.47. The van der Waals surface area contributed by atoms with Crippen molar-refractivity contribution in [1.29, 1.82) is 0 Å². The van der Waals surface area contributed by atoms with Gasteiger partial charge in [0.15, 0.2) is 0 Å². The van der Waals surface area contributed by atoms with Crippen LogP contribution in [0.25, 0.3) is 11.1 Å². The van der Waals surface area contributed by atoms with Gasteiger partial charge in [0.05, 0.1) is 11.2 Å². The summed E-state index contributed by atoms with van der Waals surface area (Å²) in [6, 6.07) is 8.78. The van der Waals surface area contributed by atoms with Crippen LogP contribution in [0, 0.1) is 5.41 Å². The smallest absolute Gasteiger partial charge is 0.320 e. The fourth-order valence-electron chi connectivity index (χ4n) is 4.22. The number of rotatable bonds is 6. The molecule has 1 aliphatic heterocycles. The molecule has 0 bridgehead atoms. The Balaban J connectivity index is 1.39. The number of nitrogens with zero attached hydrogens (tertiary/aromatic N) is 3. The fourth-order valence-corrected chi connectivity index (χ4v) is 4.42. The molecule has 1 atom stereocenters. The molecule has 8 nitrogen and oxygen atoms in total. The third kappa shape index (κ3) is 5.07. The number of carbonyl (C=O) groups excluding carboxylic acids is 2. The summed E-state index contributed by atoms with van der Waals surface area (Å²) in [6.45, 7) is 7.74. The molecule has 0 saturated carbocycles. The minimum absolute atomic E-state index is 0.0663. The maximum Gasteiger partial charge on any atom is 0.320 e. The Bertz CT molecular complexity index is 1220. The van der Waals surface area contributed by atoms with Gasteiger partial charge in [0.1, 0.15) is 5.82 Å².